The number of hydrogen-bond acceptors (Lipinski definition) is 9. The van der Waals surface area contributed by atoms with Gasteiger partial charge in [0.05, 0.1) is 33.2 Å². The number of hydrogen-bond donors (Lipinski definition) is 6. The molecule has 3 atom stereocenters. The second-order valence-electron chi connectivity index (χ2n) is 7.06. The van der Waals surface area contributed by atoms with Gasteiger partial charge in [-0.1, -0.05) is 6.54 Å². The third kappa shape index (κ3) is 12.8. The van der Waals surface area contributed by atoms with Crippen LogP contribution in [0.15, 0.2) is 15.0 Å². The van der Waals surface area contributed by atoms with Crippen molar-refractivity contribution < 1.29 is 4.81 Å². The van der Waals surface area contributed by atoms with Crippen LogP contribution in [0, 0.1) is 0 Å². The van der Waals surface area contributed by atoms with Gasteiger partial charge >= 0.3 is 0 Å². The van der Waals surface area contributed by atoms with E-state index in [0.717, 1.165) is 58.8 Å². The number of rotatable bonds is 18. The maximum Gasteiger partial charge on any atom is 0.107 e. The highest BCUT2D eigenvalue weighted by molar-refractivity contribution is 5.23. The Morgan fingerprint density at radius 1 is 1.03 bits per heavy atom. The van der Waals surface area contributed by atoms with Crippen LogP contribution in [0.2, 0.25) is 0 Å². The molecule has 1 aliphatic heterocycles. The summed E-state index contributed by atoms with van der Waals surface area (Å²) in [5.41, 5.74) is 11.8. The molecule has 1 aliphatic rings. The molecule has 0 radical (unpaired) electrons. The first-order valence-corrected chi connectivity index (χ1v) is 10.4. The fourth-order valence-electron chi connectivity index (χ4n) is 3.01. The Morgan fingerprint density at radius 2 is 1.79 bits per heavy atom. The molecule has 0 aliphatic carbocycles. The van der Waals surface area contributed by atoms with Crippen molar-refractivity contribution in [3.8, 4) is 0 Å². The second kappa shape index (κ2) is 16.5. The predicted octanol–water partition coefficient (Wildman–Crippen LogP) is -1.71. The van der Waals surface area contributed by atoms with Gasteiger partial charge in [-0.3, -0.25) is 20.3 Å². The minimum Gasteiger partial charge on any atom is -0.409 e. The average molecular weight is 412 g/mol. The number of aliphatic imine (C=N–C) groups is 3. The van der Waals surface area contributed by atoms with Crippen LogP contribution < -0.4 is 32.1 Å². The highest BCUT2D eigenvalue weighted by Crippen LogP contribution is 2.06. The largest absolute Gasteiger partial charge is 0.409 e. The molecule has 11 heteroatoms. The molecule has 1 heterocycles. The van der Waals surface area contributed by atoms with E-state index in [1.54, 1.807) is 0 Å². The predicted molar refractivity (Wildman–Crippen MR) is 123 cm³/mol. The summed E-state index contributed by atoms with van der Waals surface area (Å²) in [6, 6.07) is 0.230. The molecule has 168 valence electrons. The molecule has 0 amide bonds. The molecule has 3 unspecified atom stereocenters. The fourth-order valence-corrected chi connectivity index (χ4v) is 3.01. The Morgan fingerprint density at radius 3 is 2.52 bits per heavy atom. The second-order valence-corrected chi connectivity index (χ2v) is 7.06. The summed E-state index contributed by atoms with van der Waals surface area (Å²) in [6.45, 7) is 19.3. The van der Waals surface area contributed by atoms with Crippen LogP contribution >= 0.6 is 0 Å². The quantitative estimate of drug-likeness (QED) is 0.0907. The topological polar surface area (TPSA) is 123 Å². The van der Waals surface area contributed by atoms with Gasteiger partial charge in [-0.25, -0.2) is 4.81 Å². The van der Waals surface area contributed by atoms with Crippen LogP contribution in [0.4, 0.5) is 0 Å². The monoisotopic (exact) mass is 411 g/mol. The minimum atomic E-state index is 0.177. The van der Waals surface area contributed by atoms with Crippen molar-refractivity contribution in [3.05, 3.63) is 5.43 Å². The molecule has 1 fully saturated rings. The summed E-state index contributed by atoms with van der Waals surface area (Å²) >= 11 is 0. The number of nitrogens with zero attached hydrogens (tertiary/aromatic N) is 5. The molecule has 0 spiro atoms. The maximum atomic E-state index is 4.80. The molecule has 0 aromatic carbocycles. The molecule has 0 saturated carbocycles. The summed E-state index contributed by atoms with van der Waals surface area (Å²) in [5, 5.41) is 13.7. The first-order valence-electron chi connectivity index (χ1n) is 10.4. The van der Waals surface area contributed by atoms with Crippen LogP contribution in [-0.2, 0) is 0 Å². The van der Waals surface area contributed by atoms with Crippen LogP contribution in [0.3, 0.4) is 0 Å². The van der Waals surface area contributed by atoms with Crippen LogP contribution in [0.1, 0.15) is 6.42 Å². The summed E-state index contributed by atoms with van der Waals surface area (Å²) in [5.74, 6) is 0. The number of nitrogens with one attached hydrogen (secondary N) is 6. The van der Waals surface area contributed by atoms with Gasteiger partial charge in [0.2, 0.25) is 0 Å². The Kier molecular flexibility index (Phi) is 14.6. The van der Waals surface area contributed by atoms with E-state index >= 15 is 0 Å². The first kappa shape index (κ1) is 25.7. The van der Waals surface area contributed by atoms with Gasteiger partial charge in [0.25, 0.3) is 0 Å². The molecule has 6 N–H and O–H groups in total. The lowest BCUT2D eigenvalue weighted by molar-refractivity contribution is -0.962. The van der Waals surface area contributed by atoms with E-state index in [1.807, 2.05) is 7.05 Å². The zero-order valence-corrected chi connectivity index (χ0v) is 18.0. The van der Waals surface area contributed by atoms with Gasteiger partial charge in [-0.05, 0) is 39.7 Å². The molecule has 0 aromatic rings. The molecule has 11 nitrogen and oxygen atoms in total. The van der Waals surface area contributed by atoms with E-state index < -0.39 is 0 Å². The average Bonchev–Trinajstić information content (AvgIpc) is 2.90. The SMILES string of the molecule is C=NCCNCCC1NCCN[N+](C)([N-]CCNC(CN=C)CNCCN=C)N1. The summed E-state index contributed by atoms with van der Waals surface area (Å²) in [4.78, 5) is 12.0. The van der Waals surface area contributed by atoms with Crippen molar-refractivity contribution in [3.63, 3.8) is 0 Å². The highest BCUT2D eigenvalue weighted by atomic mass is 16.0. The lowest BCUT2D eigenvalue weighted by Gasteiger charge is -2.44. The van der Waals surface area contributed by atoms with Crippen LogP contribution in [0.5, 0.6) is 0 Å². The van der Waals surface area contributed by atoms with E-state index in [1.165, 1.54) is 0 Å². The minimum absolute atomic E-state index is 0.177. The van der Waals surface area contributed by atoms with Gasteiger partial charge in [0.15, 0.2) is 0 Å². The van der Waals surface area contributed by atoms with Crippen molar-refractivity contribution in [2.24, 2.45) is 15.0 Å². The maximum absolute atomic E-state index is 4.80. The van der Waals surface area contributed by atoms with Crippen molar-refractivity contribution in [1.29, 1.82) is 0 Å². The summed E-state index contributed by atoms with van der Waals surface area (Å²) in [6.07, 6.45) is 1.13. The Bertz CT molecular complexity index is 448. The van der Waals surface area contributed by atoms with Gasteiger partial charge < -0.3 is 21.4 Å². The molecule has 0 bridgehead atoms. The Hall–Kier alpha value is -1.31. The third-order valence-corrected chi connectivity index (χ3v) is 4.51. The van der Waals surface area contributed by atoms with Gasteiger partial charge in [0, 0.05) is 32.2 Å². The van der Waals surface area contributed by atoms with E-state index in [4.69, 9.17) is 5.43 Å². The number of quaternary nitrogens is 1. The van der Waals surface area contributed by atoms with Crippen LogP contribution in [0.25, 0.3) is 5.43 Å². The van der Waals surface area contributed by atoms with Crippen molar-refractivity contribution >= 4 is 20.2 Å². The van der Waals surface area contributed by atoms with E-state index in [-0.39, 0.29) is 17.0 Å². The highest BCUT2D eigenvalue weighted by Gasteiger charge is 2.22. The fraction of sp³-hybridized carbons (Fsp3) is 0.833. The van der Waals surface area contributed by atoms with Crippen molar-refractivity contribution in [2.75, 3.05) is 79.0 Å². The van der Waals surface area contributed by atoms with Gasteiger partial charge in [-0.15, -0.1) is 5.43 Å². The molecular weight excluding hydrogens is 370 g/mol. The van der Waals surface area contributed by atoms with Crippen molar-refractivity contribution in [1.82, 2.24) is 32.1 Å². The van der Waals surface area contributed by atoms with E-state index in [9.17, 15) is 0 Å². The van der Waals surface area contributed by atoms with Crippen LogP contribution in [-0.4, -0.2) is 116 Å². The molecule has 1 saturated heterocycles. The lowest BCUT2D eigenvalue weighted by Crippen LogP contribution is -2.64. The zero-order valence-electron chi connectivity index (χ0n) is 18.0. The first-order chi connectivity index (χ1) is 14.1. The molecule has 1 rings (SSSR count). The van der Waals surface area contributed by atoms with E-state index in [2.05, 4.69) is 67.2 Å². The Labute approximate surface area is 175 Å². The molecule has 0 aromatic heterocycles. The van der Waals surface area contributed by atoms with E-state index in [0.29, 0.717) is 19.6 Å². The summed E-state index contributed by atoms with van der Waals surface area (Å²) < 4.78 is 0. The van der Waals surface area contributed by atoms with Gasteiger partial charge in [0.1, 0.15) is 6.17 Å². The lowest BCUT2D eigenvalue weighted by atomic mass is 10.3. The smallest absolute Gasteiger partial charge is 0.107 e. The Balaban J connectivity index is 2.30. The third-order valence-electron chi connectivity index (χ3n) is 4.51. The van der Waals surface area contributed by atoms with Crippen molar-refractivity contribution in [2.45, 2.75) is 18.6 Å². The van der Waals surface area contributed by atoms with Gasteiger partial charge in [-0.2, -0.15) is 5.43 Å². The molecular formula is C18H41N11. The summed E-state index contributed by atoms with van der Waals surface area (Å²) in [7, 11) is 2.03. The zero-order chi connectivity index (χ0) is 21.2. The molecule has 29 heavy (non-hydrogen) atoms. The standard InChI is InChI=1S/C18H41N11/c1-19-7-9-22-6-5-18-25-12-14-27-29(4,28-18)26-13-11-24-17(15-21-3)16-23-10-8-20-2/h17-18,22-25,27-28H,1-3,5-16H2,4H3. The normalized spacial score (nSPS) is 23.3.